The summed E-state index contributed by atoms with van der Waals surface area (Å²) in [5, 5.41) is 0. The van der Waals surface area contributed by atoms with E-state index < -0.39 is 0 Å². The fraction of sp³-hybridized carbons (Fsp3) is 0.556. The van der Waals surface area contributed by atoms with Gasteiger partial charge in [0.15, 0.2) is 12.1 Å². The van der Waals surface area contributed by atoms with Crippen LogP contribution < -0.4 is 0 Å². The van der Waals surface area contributed by atoms with Crippen LogP contribution in [0.2, 0.25) is 0 Å². The largest absolute Gasteiger partial charge is 0.326 e. The van der Waals surface area contributed by atoms with Crippen LogP contribution in [0.5, 0.6) is 0 Å². The second-order valence-corrected chi connectivity index (χ2v) is 2.78. The van der Waals surface area contributed by atoms with Crippen molar-refractivity contribution in [1.82, 2.24) is 9.55 Å². The molecule has 0 saturated carbocycles. The molecule has 0 amide bonds. The number of aromatic nitrogens is 2. The minimum atomic E-state index is 0.410. The Labute approximate surface area is 72.4 Å². The molecule has 0 aliphatic carbocycles. The zero-order chi connectivity index (χ0) is 8.97. The van der Waals surface area contributed by atoms with E-state index >= 15 is 0 Å². The predicted molar refractivity (Wildman–Crippen MR) is 47.2 cm³/mol. The number of carbonyl (C=O) groups excluding carboxylic acids is 1. The third kappa shape index (κ3) is 1.55. The van der Waals surface area contributed by atoms with Gasteiger partial charge in [-0.1, -0.05) is 13.8 Å². The van der Waals surface area contributed by atoms with Gasteiger partial charge in [-0.3, -0.25) is 4.79 Å². The first-order valence-corrected chi connectivity index (χ1v) is 4.31. The Hall–Kier alpha value is -1.12. The smallest absolute Gasteiger partial charge is 0.185 e. The van der Waals surface area contributed by atoms with Gasteiger partial charge in [-0.15, -0.1) is 0 Å². The molecule has 0 saturated heterocycles. The first kappa shape index (κ1) is 8.97. The molecule has 1 rings (SSSR count). The molecule has 3 heteroatoms. The lowest BCUT2D eigenvalue weighted by molar-refractivity contribution is 0.110. The van der Waals surface area contributed by atoms with E-state index in [0.29, 0.717) is 11.9 Å². The van der Waals surface area contributed by atoms with Gasteiger partial charge in [0.1, 0.15) is 0 Å². The average Bonchev–Trinajstić information content (AvgIpc) is 2.55. The van der Waals surface area contributed by atoms with Gasteiger partial charge in [-0.2, -0.15) is 0 Å². The van der Waals surface area contributed by atoms with Crippen LogP contribution in [0.3, 0.4) is 0 Å². The van der Waals surface area contributed by atoms with E-state index in [2.05, 4.69) is 18.8 Å². The van der Waals surface area contributed by atoms with Crippen molar-refractivity contribution in [2.24, 2.45) is 0 Å². The lowest BCUT2D eigenvalue weighted by Gasteiger charge is -2.14. The maximum atomic E-state index is 10.5. The molecular weight excluding hydrogens is 152 g/mol. The standard InChI is InChI=1S/C9H14N2O/c1-3-8(4-2)11-6-5-10-9(11)7-12/h5-8H,3-4H2,1-2H3. The second-order valence-electron chi connectivity index (χ2n) is 2.78. The summed E-state index contributed by atoms with van der Waals surface area (Å²) < 4.78 is 1.94. The highest BCUT2D eigenvalue weighted by Crippen LogP contribution is 2.15. The molecule has 0 spiro atoms. The Morgan fingerprint density at radius 1 is 1.58 bits per heavy atom. The van der Waals surface area contributed by atoms with Crippen molar-refractivity contribution in [3.05, 3.63) is 18.2 Å². The van der Waals surface area contributed by atoms with Crippen LogP contribution in [0.25, 0.3) is 0 Å². The molecule has 3 nitrogen and oxygen atoms in total. The van der Waals surface area contributed by atoms with Gasteiger partial charge in [0.25, 0.3) is 0 Å². The van der Waals surface area contributed by atoms with Crippen molar-refractivity contribution in [2.45, 2.75) is 32.7 Å². The summed E-state index contributed by atoms with van der Waals surface area (Å²) in [4.78, 5) is 14.5. The van der Waals surface area contributed by atoms with Crippen molar-refractivity contribution in [2.75, 3.05) is 0 Å². The van der Waals surface area contributed by atoms with Crippen LogP contribution in [-0.2, 0) is 0 Å². The first-order chi connectivity index (χ1) is 5.83. The Bertz CT molecular complexity index is 251. The topological polar surface area (TPSA) is 34.9 Å². The van der Waals surface area contributed by atoms with E-state index in [1.165, 1.54) is 0 Å². The molecule has 12 heavy (non-hydrogen) atoms. The average molecular weight is 166 g/mol. The number of rotatable bonds is 4. The van der Waals surface area contributed by atoms with Crippen LogP contribution >= 0.6 is 0 Å². The molecule has 1 aromatic rings. The minimum Gasteiger partial charge on any atom is -0.326 e. The van der Waals surface area contributed by atoms with Crippen molar-refractivity contribution in [3.63, 3.8) is 0 Å². The fourth-order valence-corrected chi connectivity index (χ4v) is 1.41. The van der Waals surface area contributed by atoms with E-state index in [0.717, 1.165) is 19.1 Å². The van der Waals surface area contributed by atoms with Crippen LogP contribution in [0.15, 0.2) is 12.4 Å². The monoisotopic (exact) mass is 166 g/mol. The normalized spacial score (nSPS) is 10.6. The van der Waals surface area contributed by atoms with E-state index in [1.54, 1.807) is 6.20 Å². The molecule has 1 heterocycles. The van der Waals surface area contributed by atoms with E-state index in [1.807, 2.05) is 10.8 Å². The summed E-state index contributed by atoms with van der Waals surface area (Å²) in [6.45, 7) is 4.23. The van der Waals surface area contributed by atoms with Crippen LogP contribution in [0.1, 0.15) is 43.3 Å². The summed E-state index contributed by atoms with van der Waals surface area (Å²) in [7, 11) is 0. The summed E-state index contributed by atoms with van der Waals surface area (Å²) in [6.07, 6.45) is 6.41. The van der Waals surface area contributed by atoms with E-state index in [-0.39, 0.29) is 0 Å². The van der Waals surface area contributed by atoms with Gasteiger partial charge in [-0.25, -0.2) is 4.98 Å². The highest BCUT2D eigenvalue weighted by atomic mass is 16.1. The fourth-order valence-electron chi connectivity index (χ4n) is 1.41. The maximum Gasteiger partial charge on any atom is 0.185 e. The molecule has 0 aliphatic rings. The highest BCUT2D eigenvalue weighted by molar-refractivity contribution is 5.69. The van der Waals surface area contributed by atoms with Gasteiger partial charge in [0.05, 0.1) is 0 Å². The molecule has 0 radical (unpaired) electrons. The number of hydrogen-bond acceptors (Lipinski definition) is 2. The van der Waals surface area contributed by atoms with Crippen LogP contribution in [0.4, 0.5) is 0 Å². The highest BCUT2D eigenvalue weighted by Gasteiger charge is 2.09. The molecule has 0 aromatic carbocycles. The molecule has 0 bridgehead atoms. The van der Waals surface area contributed by atoms with E-state index in [9.17, 15) is 4.79 Å². The molecule has 66 valence electrons. The second kappa shape index (κ2) is 4.04. The minimum absolute atomic E-state index is 0.410. The Morgan fingerprint density at radius 3 is 2.75 bits per heavy atom. The van der Waals surface area contributed by atoms with Gasteiger partial charge >= 0.3 is 0 Å². The molecule has 0 N–H and O–H groups in total. The molecule has 0 aliphatic heterocycles. The Balaban J connectivity index is 2.90. The van der Waals surface area contributed by atoms with Gasteiger partial charge in [0, 0.05) is 18.4 Å². The molecular formula is C9H14N2O. The first-order valence-electron chi connectivity index (χ1n) is 4.31. The van der Waals surface area contributed by atoms with Crippen LogP contribution in [-0.4, -0.2) is 15.8 Å². The quantitative estimate of drug-likeness (QED) is 0.642. The van der Waals surface area contributed by atoms with Gasteiger partial charge in [0.2, 0.25) is 0 Å². The van der Waals surface area contributed by atoms with Gasteiger partial charge in [-0.05, 0) is 12.8 Å². The number of nitrogens with zero attached hydrogens (tertiary/aromatic N) is 2. The maximum absolute atomic E-state index is 10.5. The molecule has 1 aromatic heterocycles. The van der Waals surface area contributed by atoms with E-state index in [4.69, 9.17) is 0 Å². The Morgan fingerprint density at radius 2 is 2.25 bits per heavy atom. The summed E-state index contributed by atoms with van der Waals surface area (Å²) in [5.74, 6) is 0.531. The van der Waals surface area contributed by atoms with Crippen molar-refractivity contribution in [3.8, 4) is 0 Å². The van der Waals surface area contributed by atoms with Crippen molar-refractivity contribution in [1.29, 1.82) is 0 Å². The number of aldehydes is 1. The van der Waals surface area contributed by atoms with Crippen molar-refractivity contribution >= 4 is 6.29 Å². The third-order valence-electron chi connectivity index (χ3n) is 2.14. The predicted octanol–water partition coefficient (Wildman–Crippen LogP) is 2.06. The van der Waals surface area contributed by atoms with Crippen LogP contribution in [0, 0.1) is 0 Å². The summed E-state index contributed by atoms with van der Waals surface area (Å²) >= 11 is 0. The Kier molecular flexibility index (Phi) is 3.02. The lowest BCUT2D eigenvalue weighted by atomic mass is 10.2. The summed E-state index contributed by atoms with van der Waals surface area (Å²) in [5.41, 5.74) is 0. The SMILES string of the molecule is CCC(CC)n1ccnc1C=O. The zero-order valence-corrected chi connectivity index (χ0v) is 7.53. The summed E-state index contributed by atoms with van der Waals surface area (Å²) in [6, 6.07) is 0.410. The number of hydrogen-bond donors (Lipinski definition) is 0. The molecule has 0 atom stereocenters. The zero-order valence-electron chi connectivity index (χ0n) is 7.53. The molecule has 0 fully saturated rings. The third-order valence-corrected chi connectivity index (χ3v) is 2.14. The van der Waals surface area contributed by atoms with Crippen molar-refractivity contribution < 1.29 is 4.79 Å². The lowest BCUT2D eigenvalue weighted by Crippen LogP contribution is -2.09. The van der Waals surface area contributed by atoms with Gasteiger partial charge < -0.3 is 4.57 Å². The molecule has 0 unspecified atom stereocenters. The number of imidazole rings is 1. The number of carbonyl (C=O) groups is 1.